The minimum atomic E-state index is -0.233. The zero-order chi connectivity index (χ0) is 16.5. The molecule has 1 atom stereocenters. The molecule has 2 aliphatic rings. The number of rotatable bonds is 3. The monoisotopic (exact) mass is 321 g/mol. The number of carbonyl (C=O) groups is 2. The average molecular weight is 321 g/mol. The van der Waals surface area contributed by atoms with Crippen molar-refractivity contribution in [3.05, 3.63) is 65.5 Å². The van der Waals surface area contributed by atoms with Crippen molar-refractivity contribution in [2.24, 2.45) is 5.92 Å². The molecule has 122 valence electrons. The van der Waals surface area contributed by atoms with E-state index in [4.69, 9.17) is 0 Å². The summed E-state index contributed by atoms with van der Waals surface area (Å²) in [5, 5.41) is 0. The lowest BCUT2D eigenvalue weighted by atomic mass is 10.1. The first-order chi connectivity index (χ1) is 11.7. The third-order valence-corrected chi connectivity index (χ3v) is 4.81. The molecule has 2 amide bonds. The highest BCUT2D eigenvalue weighted by molar-refractivity contribution is 5.89. The van der Waals surface area contributed by atoms with Crippen LogP contribution < -0.4 is 0 Å². The number of nitrogens with zero attached hydrogens (tertiary/aromatic N) is 3. The van der Waals surface area contributed by atoms with Crippen LogP contribution in [0, 0.1) is 5.92 Å². The number of fused-ring (bicyclic) bond motifs is 1. The van der Waals surface area contributed by atoms with E-state index >= 15 is 0 Å². The second kappa shape index (κ2) is 6.07. The lowest BCUT2D eigenvalue weighted by molar-refractivity contribution is -0.136. The van der Waals surface area contributed by atoms with E-state index in [1.165, 1.54) is 11.1 Å². The molecule has 1 saturated heterocycles. The number of amides is 2. The first-order valence-corrected chi connectivity index (χ1v) is 8.23. The first kappa shape index (κ1) is 14.9. The van der Waals surface area contributed by atoms with Crippen LogP contribution in [0.15, 0.2) is 48.8 Å². The van der Waals surface area contributed by atoms with E-state index in [2.05, 4.69) is 17.1 Å². The molecule has 5 heteroatoms. The summed E-state index contributed by atoms with van der Waals surface area (Å²) in [5.41, 5.74) is 3.41. The maximum Gasteiger partial charge on any atom is 0.228 e. The van der Waals surface area contributed by atoms with Gasteiger partial charge in [0.2, 0.25) is 11.8 Å². The second-order valence-corrected chi connectivity index (χ2v) is 6.50. The van der Waals surface area contributed by atoms with Crippen molar-refractivity contribution in [3.63, 3.8) is 0 Å². The molecule has 0 aliphatic carbocycles. The summed E-state index contributed by atoms with van der Waals surface area (Å²) >= 11 is 0. The van der Waals surface area contributed by atoms with Gasteiger partial charge in [0.1, 0.15) is 0 Å². The summed E-state index contributed by atoms with van der Waals surface area (Å²) in [6, 6.07) is 11.9. The van der Waals surface area contributed by atoms with E-state index in [0.29, 0.717) is 32.6 Å². The number of hydrogen-bond donors (Lipinski definition) is 0. The van der Waals surface area contributed by atoms with Crippen molar-refractivity contribution in [3.8, 4) is 0 Å². The molecule has 0 saturated carbocycles. The number of benzene rings is 1. The Balaban J connectivity index is 1.41. The van der Waals surface area contributed by atoms with E-state index < -0.39 is 0 Å². The molecular weight excluding hydrogens is 302 g/mol. The lowest BCUT2D eigenvalue weighted by Crippen LogP contribution is -2.33. The van der Waals surface area contributed by atoms with Crippen LogP contribution in [0.3, 0.4) is 0 Å². The standard InChI is InChI=1S/C19H19N3O2/c23-18-8-17(13-21(18)10-14-4-3-7-20-9-14)19(24)22-11-15-5-1-2-6-16(15)12-22/h1-7,9,17H,8,10-13H2. The fraction of sp³-hybridized carbons (Fsp3) is 0.316. The van der Waals surface area contributed by atoms with Crippen LogP contribution in [-0.4, -0.2) is 33.1 Å². The number of likely N-dealkylation sites (tertiary alicyclic amines) is 1. The van der Waals surface area contributed by atoms with Crippen LogP contribution in [0.25, 0.3) is 0 Å². The van der Waals surface area contributed by atoms with Crippen LogP contribution in [0.2, 0.25) is 0 Å². The number of aromatic nitrogens is 1. The van der Waals surface area contributed by atoms with Crippen molar-refractivity contribution in [2.45, 2.75) is 26.1 Å². The third kappa shape index (κ3) is 2.77. The Morgan fingerprint density at radius 3 is 2.54 bits per heavy atom. The molecule has 2 aliphatic heterocycles. The van der Waals surface area contributed by atoms with Gasteiger partial charge < -0.3 is 9.80 Å². The molecular formula is C19H19N3O2. The molecule has 0 N–H and O–H groups in total. The van der Waals surface area contributed by atoms with Gasteiger partial charge in [-0.1, -0.05) is 30.3 Å². The lowest BCUT2D eigenvalue weighted by Gasteiger charge is -2.20. The Hall–Kier alpha value is -2.69. The first-order valence-electron chi connectivity index (χ1n) is 8.23. The highest BCUT2D eigenvalue weighted by atomic mass is 16.2. The topological polar surface area (TPSA) is 53.5 Å². The van der Waals surface area contributed by atoms with E-state index in [1.54, 1.807) is 17.3 Å². The van der Waals surface area contributed by atoms with Crippen LogP contribution >= 0.6 is 0 Å². The molecule has 0 bridgehead atoms. The number of hydrogen-bond acceptors (Lipinski definition) is 3. The molecule has 24 heavy (non-hydrogen) atoms. The van der Waals surface area contributed by atoms with Gasteiger partial charge in [-0.25, -0.2) is 0 Å². The second-order valence-electron chi connectivity index (χ2n) is 6.50. The van der Waals surface area contributed by atoms with E-state index in [1.807, 2.05) is 29.2 Å². The molecule has 1 aromatic heterocycles. The van der Waals surface area contributed by atoms with Crippen molar-refractivity contribution >= 4 is 11.8 Å². The van der Waals surface area contributed by atoms with Crippen LogP contribution in [0.4, 0.5) is 0 Å². The van der Waals surface area contributed by atoms with Gasteiger partial charge in [0.05, 0.1) is 5.92 Å². The molecule has 1 unspecified atom stereocenters. The molecule has 3 heterocycles. The molecule has 0 radical (unpaired) electrons. The van der Waals surface area contributed by atoms with Crippen LogP contribution in [-0.2, 0) is 29.2 Å². The molecule has 4 rings (SSSR count). The Labute approximate surface area is 140 Å². The van der Waals surface area contributed by atoms with Crippen molar-refractivity contribution in [1.82, 2.24) is 14.8 Å². The van der Waals surface area contributed by atoms with Crippen LogP contribution in [0.5, 0.6) is 0 Å². The van der Waals surface area contributed by atoms with Gasteiger partial charge in [-0.05, 0) is 22.8 Å². The average Bonchev–Trinajstić information content (AvgIpc) is 3.19. The van der Waals surface area contributed by atoms with E-state index in [9.17, 15) is 9.59 Å². The smallest absolute Gasteiger partial charge is 0.228 e. The maximum atomic E-state index is 12.8. The zero-order valence-electron chi connectivity index (χ0n) is 13.4. The molecule has 1 aromatic carbocycles. The highest BCUT2D eigenvalue weighted by Crippen LogP contribution is 2.27. The summed E-state index contributed by atoms with van der Waals surface area (Å²) in [4.78, 5) is 32.8. The summed E-state index contributed by atoms with van der Waals surface area (Å²) in [5.74, 6) is -0.0920. The predicted octanol–water partition coefficient (Wildman–Crippen LogP) is 1.97. The number of carbonyl (C=O) groups excluding carboxylic acids is 2. The van der Waals surface area contributed by atoms with E-state index in [0.717, 1.165) is 5.56 Å². The number of pyridine rings is 1. The molecule has 2 aromatic rings. The van der Waals surface area contributed by atoms with Crippen molar-refractivity contribution in [1.29, 1.82) is 0 Å². The minimum absolute atomic E-state index is 0.0499. The summed E-state index contributed by atoms with van der Waals surface area (Å²) in [7, 11) is 0. The quantitative estimate of drug-likeness (QED) is 0.868. The van der Waals surface area contributed by atoms with Crippen LogP contribution in [0.1, 0.15) is 23.1 Å². The predicted molar refractivity (Wildman–Crippen MR) is 88.5 cm³/mol. The molecule has 0 spiro atoms. The highest BCUT2D eigenvalue weighted by Gasteiger charge is 2.37. The van der Waals surface area contributed by atoms with E-state index in [-0.39, 0.29) is 17.7 Å². The summed E-state index contributed by atoms with van der Waals surface area (Å²) in [6.45, 7) is 2.33. The normalized spacial score (nSPS) is 19.7. The fourth-order valence-electron chi connectivity index (χ4n) is 3.55. The zero-order valence-corrected chi connectivity index (χ0v) is 13.4. The third-order valence-electron chi connectivity index (χ3n) is 4.81. The van der Waals surface area contributed by atoms with Gasteiger partial charge in [0, 0.05) is 45.0 Å². The Kier molecular flexibility index (Phi) is 3.76. The Morgan fingerprint density at radius 2 is 1.88 bits per heavy atom. The molecule has 1 fully saturated rings. The van der Waals surface area contributed by atoms with Gasteiger partial charge in [-0.2, -0.15) is 0 Å². The summed E-state index contributed by atoms with van der Waals surface area (Å²) in [6.07, 6.45) is 3.79. The van der Waals surface area contributed by atoms with Crippen molar-refractivity contribution in [2.75, 3.05) is 6.54 Å². The largest absolute Gasteiger partial charge is 0.337 e. The van der Waals surface area contributed by atoms with Gasteiger partial charge in [0.15, 0.2) is 0 Å². The SMILES string of the molecule is O=C1CC(C(=O)N2Cc3ccccc3C2)CN1Cc1cccnc1. The minimum Gasteiger partial charge on any atom is -0.337 e. The molecule has 5 nitrogen and oxygen atoms in total. The van der Waals surface area contributed by atoms with Gasteiger partial charge in [-0.15, -0.1) is 0 Å². The summed E-state index contributed by atoms with van der Waals surface area (Å²) < 4.78 is 0. The Bertz CT molecular complexity index is 750. The Morgan fingerprint density at radius 1 is 1.12 bits per heavy atom. The van der Waals surface area contributed by atoms with Gasteiger partial charge in [-0.3, -0.25) is 14.6 Å². The van der Waals surface area contributed by atoms with Gasteiger partial charge in [0.25, 0.3) is 0 Å². The van der Waals surface area contributed by atoms with Crippen molar-refractivity contribution < 1.29 is 9.59 Å². The maximum absolute atomic E-state index is 12.8. The fourth-order valence-corrected chi connectivity index (χ4v) is 3.55. The van der Waals surface area contributed by atoms with Gasteiger partial charge >= 0.3 is 0 Å².